The standard InChI is InChI=1S/C18H16ClN3O2S/c1-11(2)24-15-9-8-13(19)10-14(15)16(23)20-18-22-21-17(25-18)12-6-4-3-5-7-12/h3-11H,1-2H3,(H,20,22,23). The van der Waals surface area contributed by atoms with Gasteiger partial charge in [-0.2, -0.15) is 0 Å². The number of hydrogen-bond donors (Lipinski definition) is 1. The van der Waals surface area contributed by atoms with Crippen LogP contribution in [0.4, 0.5) is 5.13 Å². The molecule has 25 heavy (non-hydrogen) atoms. The molecule has 0 aliphatic carbocycles. The summed E-state index contributed by atoms with van der Waals surface area (Å²) in [5, 5.41) is 12.5. The van der Waals surface area contributed by atoms with Crippen molar-refractivity contribution < 1.29 is 9.53 Å². The lowest BCUT2D eigenvalue weighted by atomic mass is 10.2. The Labute approximate surface area is 154 Å². The molecule has 0 aliphatic heterocycles. The number of halogens is 1. The molecule has 0 saturated heterocycles. The van der Waals surface area contributed by atoms with Gasteiger partial charge in [0.15, 0.2) is 0 Å². The summed E-state index contributed by atoms with van der Waals surface area (Å²) in [6, 6.07) is 14.6. The normalized spacial score (nSPS) is 10.7. The molecule has 1 aromatic heterocycles. The van der Waals surface area contributed by atoms with Gasteiger partial charge in [-0.25, -0.2) is 0 Å². The number of benzene rings is 2. The highest BCUT2D eigenvalue weighted by atomic mass is 35.5. The van der Waals surface area contributed by atoms with Gasteiger partial charge >= 0.3 is 0 Å². The van der Waals surface area contributed by atoms with Gasteiger partial charge in [-0.05, 0) is 32.0 Å². The number of carbonyl (C=O) groups is 1. The summed E-state index contributed by atoms with van der Waals surface area (Å²) in [4.78, 5) is 12.6. The van der Waals surface area contributed by atoms with E-state index in [1.165, 1.54) is 11.3 Å². The Morgan fingerprint density at radius 3 is 2.64 bits per heavy atom. The Balaban J connectivity index is 1.81. The Morgan fingerprint density at radius 2 is 1.92 bits per heavy atom. The van der Waals surface area contributed by atoms with Gasteiger partial charge in [-0.1, -0.05) is 53.3 Å². The van der Waals surface area contributed by atoms with E-state index in [1.54, 1.807) is 18.2 Å². The molecule has 7 heteroatoms. The third kappa shape index (κ3) is 4.35. The minimum absolute atomic E-state index is 0.0565. The summed E-state index contributed by atoms with van der Waals surface area (Å²) in [6.45, 7) is 3.79. The van der Waals surface area contributed by atoms with Crippen LogP contribution in [0.25, 0.3) is 10.6 Å². The maximum Gasteiger partial charge on any atom is 0.261 e. The number of aromatic nitrogens is 2. The van der Waals surface area contributed by atoms with E-state index in [2.05, 4.69) is 15.5 Å². The predicted octanol–water partition coefficient (Wildman–Crippen LogP) is 4.90. The Hall–Kier alpha value is -2.44. The number of nitrogens with zero attached hydrogens (tertiary/aromatic N) is 2. The summed E-state index contributed by atoms with van der Waals surface area (Å²) in [5.41, 5.74) is 1.31. The van der Waals surface area contributed by atoms with Crippen LogP contribution in [0.5, 0.6) is 5.75 Å². The molecule has 0 radical (unpaired) electrons. The molecule has 0 unspecified atom stereocenters. The first-order valence-corrected chi connectivity index (χ1v) is 8.89. The van der Waals surface area contributed by atoms with Crippen molar-refractivity contribution >= 4 is 34.0 Å². The molecule has 0 saturated carbocycles. The maximum absolute atomic E-state index is 12.6. The fourth-order valence-corrected chi connectivity index (χ4v) is 3.09. The number of amides is 1. The second-order valence-electron chi connectivity index (χ2n) is 5.54. The van der Waals surface area contributed by atoms with E-state index in [9.17, 15) is 4.79 Å². The SMILES string of the molecule is CC(C)Oc1ccc(Cl)cc1C(=O)Nc1nnc(-c2ccccc2)s1. The van der Waals surface area contributed by atoms with Crippen molar-refractivity contribution in [1.29, 1.82) is 0 Å². The van der Waals surface area contributed by atoms with Gasteiger partial charge in [0, 0.05) is 10.6 Å². The fourth-order valence-electron chi connectivity index (χ4n) is 2.17. The summed E-state index contributed by atoms with van der Waals surface area (Å²) < 4.78 is 5.68. The van der Waals surface area contributed by atoms with Crippen molar-refractivity contribution in [2.24, 2.45) is 0 Å². The van der Waals surface area contributed by atoms with E-state index in [0.717, 1.165) is 10.6 Å². The van der Waals surface area contributed by atoms with Crippen molar-refractivity contribution in [3.63, 3.8) is 0 Å². The van der Waals surface area contributed by atoms with Crippen LogP contribution >= 0.6 is 22.9 Å². The molecule has 128 valence electrons. The van der Waals surface area contributed by atoms with Crippen LogP contribution in [0.2, 0.25) is 5.02 Å². The molecule has 1 N–H and O–H groups in total. The average Bonchev–Trinajstić information content (AvgIpc) is 3.05. The van der Waals surface area contributed by atoms with Gasteiger partial charge in [-0.15, -0.1) is 10.2 Å². The molecular weight excluding hydrogens is 358 g/mol. The Kier molecular flexibility index (Phi) is 5.31. The van der Waals surface area contributed by atoms with Gasteiger partial charge in [0.2, 0.25) is 5.13 Å². The van der Waals surface area contributed by atoms with Crippen molar-refractivity contribution in [2.75, 3.05) is 5.32 Å². The molecule has 0 aliphatic rings. The molecular formula is C18H16ClN3O2S. The number of carbonyl (C=O) groups excluding carboxylic acids is 1. The third-order valence-electron chi connectivity index (χ3n) is 3.22. The molecule has 0 atom stereocenters. The molecule has 0 fully saturated rings. The average molecular weight is 374 g/mol. The number of nitrogens with one attached hydrogen (secondary N) is 1. The zero-order chi connectivity index (χ0) is 17.8. The molecule has 1 amide bonds. The Bertz CT molecular complexity index is 881. The van der Waals surface area contributed by atoms with Crippen LogP contribution in [-0.4, -0.2) is 22.2 Å². The zero-order valence-electron chi connectivity index (χ0n) is 13.7. The third-order valence-corrected chi connectivity index (χ3v) is 4.34. The first kappa shape index (κ1) is 17.4. The minimum Gasteiger partial charge on any atom is -0.490 e. The summed E-state index contributed by atoms with van der Waals surface area (Å²) in [5.74, 6) is 0.138. The van der Waals surface area contributed by atoms with Crippen LogP contribution < -0.4 is 10.1 Å². The van der Waals surface area contributed by atoms with Crippen LogP contribution in [0.15, 0.2) is 48.5 Å². The highest BCUT2D eigenvalue weighted by molar-refractivity contribution is 7.18. The molecule has 1 heterocycles. The van der Waals surface area contributed by atoms with Gasteiger partial charge in [0.1, 0.15) is 10.8 Å². The van der Waals surface area contributed by atoms with Crippen LogP contribution in [-0.2, 0) is 0 Å². The molecule has 3 aromatic rings. The van der Waals surface area contributed by atoms with Gasteiger partial charge in [0.25, 0.3) is 5.91 Å². The van der Waals surface area contributed by atoms with Crippen LogP contribution in [0.1, 0.15) is 24.2 Å². The van der Waals surface area contributed by atoms with Crippen LogP contribution in [0, 0.1) is 0 Å². The van der Waals surface area contributed by atoms with Crippen molar-refractivity contribution in [3.05, 3.63) is 59.1 Å². The summed E-state index contributed by atoms with van der Waals surface area (Å²) in [6.07, 6.45) is -0.0565. The van der Waals surface area contributed by atoms with Gasteiger partial charge < -0.3 is 4.74 Å². The Morgan fingerprint density at radius 1 is 1.16 bits per heavy atom. The molecule has 0 spiro atoms. The second-order valence-corrected chi connectivity index (χ2v) is 6.95. The number of rotatable bonds is 5. The van der Waals surface area contributed by atoms with E-state index >= 15 is 0 Å². The van der Waals surface area contributed by atoms with E-state index < -0.39 is 0 Å². The van der Waals surface area contributed by atoms with Crippen molar-refractivity contribution in [2.45, 2.75) is 20.0 Å². The first-order chi connectivity index (χ1) is 12.0. The summed E-state index contributed by atoms with van der Waals surface area (Å²) >= 11 is 7.33. The van der Waals surface area contributed by atoms with E-state index in [-0.39, 0.29) is 12.0 Å². The minimum atomic E-state index is -0.339. The predicted molar refractivity (Wildman–Crippen MR) is 101 cm³/mol. The van der Waals surface area contributed by atoms with Gasteiger partial charge in [-0.3, -0.25) is 10.1 Å². The van der Waals surface area contributed by atoms with Crippen LogP contribution in [0.3, 0.4) is 0 Å². The number of anilines is 1. The van der Waals surface area contributed by atoms with E-state index in [0.29, 0.717) is 21.5 Å². The van der Waals surface area contributed by atoms with Gasteiger partial charge in [0.05, 0.1) is 11.7 Å². The molecule has 0 bridgehead atoms. The number of hydrogen-bond acceptors (Lipinski definition) is 5. The smallest absolute Gasteiger partial charge is 0.261 e. The summed E-state index contributed by atoms with van der Waals surface area (Å²) in [7, 11) is 0. The largest absolute Gasteiger partial charge is 0.490 e. The molecule has 5 nitrogen and oxygen atoms in total. The quantitative estimate of drug-likeness (QED) is 0.691. The lowest BCUT2D eigenvalue weighted by Crippen LogP contribution is -2.15. The zero-order valence-corrected chi connectivity index (χ0v) is 15.3. The van der Waals surface area contributed by atoms with E-state index in [4.69, 9.17) is 16.3 Å². The molecule has 2 aromatic carbocycles. The maximum atomic E-state index is 12.6. The van der Waals surface area contributed by atoms with E-state index in [1.807, 2.05) is 44.2 Å². The number of ether oxygens (including phenoxy) is 1. The second kappa shape index (κ2) is 7.63. The first-order valence-electron chi connectivity index (χ1n) is 7.69. The monoisotopic (exact) mass is 373 g/mol. The van der Waals surface area contributed by atoms with Crippen molar-refractivity contribution in [1.82, 2.24) is 10.2 Å². The molecule has 3 rings (SSSR count). The van der Waals surface area contributed by atoms with Crippen molar-refractivity contribution in [3.8, 4) is 16.3 Å². The lowest BCUT2D eigenvalue weighted by Gasteiger charge is -2.13. The fraction of sp³-hybridized carbons (Fsp3) is 0.167. The highest BCUT2D eigenvalue weighted by Gasteiger charge is 2.17. The topological polar surface area (TPSA) is 64.1 Å². The lowest BCUT2D eigenvalue weighted by molar-refractivity contribution is 0.102. The highest BCUT2D eigenvalue weighted by Crippen LogP contribution is 2.28.